The van der Waals surface area contributed by atoms with Gasteiger partial charge in [0.2, 0.25) is 0 Å². The van der Waals surface area contributed by atoms with Gasteiger partial charge in [-0.15, -0.1) is 0 Å². The van der Waals surface area contributed by atoms with Gasteiger partial charge in [0.05, 0.1) is 6.54 Å². The molecule has 0 aliphatic rings. The quantitative estimate of drug-likeness (QED) is 0.306. The van der Waals surface area contributed by atoms with Crippen LogP contribution in [0.2, 0.25) is 0 Å². The van der Waals surface area contributed by atoms with Crippen molar-refractivity contribution in [3.63, 3.8) is 0 Å². The number of fused-ring (bicyclic) bond motifs is 1. The van der Waals surface area contributed by atoms with Crippen LogP contribution >= 0.6 is 0 Å². The monoisotopic (exact) mass is 473 g/mol. The Kier molecular flexibility index (Phi) is 7.98. The topological polar surface area (TPSA) is 65.1 Å². The molecule has 0 atom stereocenters. The summed E-state index contributed by atoms with van der Waals surface area (Å²) in [5, 5.41) is 0. The van der Waals surface area contributed by atoms with Crippen LogP contribution in [0.15, 0.2) is 70.3 Å². The summed E-state index contributed by atoms with van der Waals surface area (Å²) in [4.78, 5) is 33.0. The third-order valence-corrected chi connectivity index (χ3v) is 6.53. The summed E-state index contributed by atoms with van der Waals surface area (Å²) < 4.78 is 4.72. The van der Waals surface area contributed by atoms with E-state index in [1.54, 1.807) is 7.05 Å². The molecule has 7 nitrogen and oxygen atoms in total. The Hall–Kier alpha value is -3.45. The van der Waals surface area contributed by atoms with Crippen molar-refractivity contribution in [2.45, 2.75) is 58.8 Å². The number of hydrogen-bond donors (Lipinski definition) is 0. The number of aromatic nitrogens is 4. The first-order valence-electron chi connectivity index (χ1n) is 12.4. The minimum atomic E-state index is -0.352. The molecule has 0 fully saturated rings. The van der Waals surface area contributed by atoms with Crippen molar-refractivity contribution in [3.05, 3.63) is 98.5 Å². The van der Waals surface area contributed by atoms with Crippen LogP contribution in [0.5, 0.6) is 0 Å². The predicted molar refractivity (Wildman–Crippen MR) is 140 cm³/mol. The first-order valence-corrected chi connectivity index (χ1v) is 12.4. The predicted octanol–water partition coefficient (Wildman–Crippen LogP) is 4.22. The third kappa shape index (κ3) is 5.62. The highest BCUT2D eigenvalue weighted by Crippen LogP contribution is 2.18. The highest BCUT2D eigenvalue weighted by atomic mass is 16.2. The fourth-order valence-electron chi connectivity index (χ4n) is 4.60. The largest absolute Gasteiger partial charge is 0.332 e. The molecule has 4 aromatic rings. The molecule has 2 heterocycles. The SMILES string of the molecule is CCCCCCn1c(CN(Cc2ccccc2)Cc2ccccc2)nc2c1c(=O)n(C)c(=O)n2C. The van der Waals surface area contributed by atoms with E-state index in [2.05, 4.69) is 64.9 Å². The zero-order valence-electron chi connectivity index (χ0n) is 21.0. The summed E-state index contributed by atoms with van der Waals surface area (Å²) in [5.41, 5.74) is 2.78. The number of unbranched alkanes of at least 4 members (excludes halogenated alkanes) is 3. The Bertz CT molecular complexity index is 1330. The lowest BCUT2D eigenvalue weighted by Gasteiger charge is -2.23. The number of benzene rings is 2. The van der Waals surface area contributed by atoms with Crippen molar-refractivity contribution in [2.24, 2.45) is 14.1 Å². The lowest BCUT2D eigenvalue weighted by molar-refractivity contribution is 0.238. The van der Waals surface area contributed by atoms with Crippen molar-refractivity contribution in [3.8, 4) is 0 Å². The minimum absolute atomic E-state index is 0.282. The van der Waals surface area contributed by atoms with Crippen LogP contribution in [0.1, 0.15) is 49.6 Å². The van der Waals surface area contributed by atoms with Gasteiger partial charge in [-0.1, -0.05) is 86.8 Å². The smallest absolute Gasteiger partial charge is 0.321 e. The van der Waals surface area contributed by atoms with Crippen LogP contribution in [0.3, 0.4) is 0 Å². The Labute approximate surface area is 206 Å². The van der Waals surface area contributed by atoms with Crippen LogP contribution < -0.4 is 11.2 Å². The Morgan fingerprint density at radius 1 is 0.771 bits per heavy atom. The fourth-order valence-corrected chi connectivity index (χ4v) is 4.60. The average Bonchev–Trinajstić information content (AvgIpc) is 3.23. The molecule has 0 aliphatic heterocycles. The van der Waals surface area contributed by atoms with Crippen LogP contribution in [0.4, 0.5) is 0 Å². The summed E-state index contributed by atoms with van der Waals surface area (Å²) in [6.07, 6.45) is 4.37. The standard InChI is InChI=1S/C28H35N5O2/c1-4-5-6-13-18-33-24(29-26-25(33)27(34)31(3)28(35)30(26)2)21-32(19-22-14-9-7-10-15-22)20-23-16-11-8-12-17-23/h7-12,14-17H,4-6,13,18-21H2,1-3H3. The molecule has 0 bridgehead atoms. The number of hydrogen-bond acceptors (Lipinski definition) is 4. The van der Waals surface area contributed by atoms with Gasteiger partial charge in [0.15, 0.2) is 11.2 Å². The van der Waals surface area contributed by atoms with E-state index >= 15 is 0 Å². The molecule has 35 heavy (non-hydrogen) atoms. The zero-order chi connectivity index (χ0) is 24.8. The van der Waals surface area contributed by atoms with Crippen LogP contribution in [0, 0.1) is 0 Å². The molecule has 184 valence electrons. The van der Waals surface area contributed by atoms with Crippen LogP contribution in [-0.4, -0.2) is 23.6 Å². The number of imidazole rings is 1. The lowest BCUT2D eigenvalue weighted by Crippen LogP contribution is -2.37. The molecule has 2 aromatic heterocycles. The Morgan fingerprint density at radius 3 is 1.94 bits per heavy atom. The molecule has 0 radical (unpaired) electrons. The van der Waals surface area contributed by atoms with E-state index in [9.17, 15) is 9.59 Å². The molecule has 0 amide bonds. The van der Waals surface area contributed by atoms with E-state index in [1.165, 1.54) is 27.3 Å². The number of aryl methyl sites for hydroxylation is 2. The van der Waals surface area contributed by atoms with Crippen LogP contribution in [0.25, 0.3) is 11.2 Å². The highest BCUT2D eigenvalue weighted by Gasteiger charge is 2.21. The number of nitrogens with zero attached hydrogens (tertiary/aromatic N) is 5. The minimum Gasteiger partial charge on any atom is -0.321 e. The maximum absolute atomic E-state index is 13.2. The van der Waals surface area contributed by atoms with Crippen LogP contribution in [-0.2, 0) is 40.3 Å². The van der Waals surface area contributed by atoms with E-state index in [4.69, 9.17) is 4.98 Å². The van der Waals surface area contributed by atoms with E-state index in [-0.39, 0.29) is 11.2 Å². The molecule has 7 heteroatoms. The summed E-state index contributed by atoms with van der Waals surface area (Å²) in [6, 6.07) is 20.8. The van der Waals surface area contributed by atoms with Gasteiger partial charge in [0.25, 0.3) is 5.56 Å². The maximum atomic E-state index is 13.2. The molecule has 2 aromatic carbocycles. The van der Waals surface area contributed by atoms with E-state index < -0.39 is 0 Å². The second-order valence-corrected chi connectivity index (χ2v) is 9.23. The van der Waals surface area contributed by atoms with Crippen molar-refractivity contribution >= 4 is 11.2 Å². The van der Waals surface area contributed by atoms with Crippen molar-refractivity contribution in [1.29, 1.82) is 0 Å². The van der Waals surface area contributed by atoms with Gasteiger partial charge in [-0.3, -0.25) is 18.8 Å². The second-order valence-electron chi connectivity index (χ2n) is 9.23. The second kappa shape index (κ2) is 11.3. The normalized spacial score (nSPS) is 11.5. The van der Waals surface area contributed by atoms with E-state index in [0.717, 1.165) is 44.6 Å². The third-order valence-electron chi connectivity index (χ3n) is 6.53. The highest BCUT2D eigenvalue weighted by molar-refractivity contribution is 5.71. The molecule has 0 aliphatic carbocycles. The first kappa shape index (κ1) is 24.7. The first-order chi connectivity index (χ1) is 17.0. The van der Waals surface area contributed by atoms with E-state index in [0.29, 0.717) is 24.3 Å². The van der Waals surface area contributed by atoms with Gasteiger partial charge in [0.1, 0.15) is 5.82 Å². The summed E-state index contributed by atoms with van der Waals surface area (Å²) >= 11 is 0. The zero-order valence-corrected chi connectivity index (χ0v) is 21.0. The lowest BCUT2D eigenvalue weighted by atomic mass is 10.1. The van der Waals surface area contributed by atoms with E-state index in [1.807, 2.05) is 12.1 Å². The van der Waals surface area contributed by atoms with Gasteiger partial charge in [-0.05, 0) is 17.5 Å². The molecular weight excluding hydrogens is 438 g/mol. The summed E-state index contributed by atoms with van der Waals surface area (Å²) in [5.74, 6) is 0.821. The Balaban J connectivity index is 1.75. The van der Waals surface area contributed by atoms with Gasteiger partial charge < -0.3 is 4.57 Å². The van der Waals surface area contributed by atoms with Gasteiger partial charge in [-0.25, -0.2) is 9.78 Å². The van der Waals surface area contributed by atoms with Gasteiger partial charge in [-0.2, -0.15) is 0 Å². The molecule has 0 saturated carbocycles. The summed E-state index contributed by atoms with van der Waals surface area (Å²) in [7, 11) is 3.23. The summed E-state index contributed by atoms with van der Waals surface area (Å²) in [6.45, 7) is 4.99. The number of rotatable bonds is 11. The van der Waals surface area contributed by atoms with Gasteiger partial charge >= 0.3 is 5.69 Å². The van der Waals surface area contributed by atoms with Crippen molar-refractivity contribution in [1.82, 2.24) is 23.6 Å². The molecule has 0 saturated heterocycles. The Morgan fingerprint density at radius 2 is 1.37 bits per heavy atom. The average molecular weight is 474 g/mol. The van der Waals surface area contributed by atoms with Crippen molar-refractivity contribution in [2.75, 3.05) is 0 Å². The fraction of sp³-hybridized carbons (Fsp3) is 0.393. The molecule has 4 rings (SSSR count). The molecule has 0 unspecified atom stereocenters. The molecule has 0 N–H and O–H groups in total. The molecular formula is C28H35N5O2. The van der Waals surface area contributed by atoms with Gasteiger partial charge in [0, 0.05) is 33.7 Å². The molecule has 0 spiro atoms. The van der Waals surface area contributed by atoms with Crippen molar-refractivity contribution < 1.29 is 0 Å². The maximum Gasteiger partial charge on any atom is 0.332 e.